The van der Waals surface area contributed by atoms with E-state index in [0.29, 0.717) is 13.1 Å². The van der Waals surface area contributed by atoms with Crippen LogP contribution in [-0.2, 0) is 11.8 Å². The van der Waals surface area contributed by atoms with Crippen molar-refractivity contribution >= 4 is 22.4 Å². The second-order valence-corrected chi connectivity index (χ2v) is 5.01. The maximum atomic E-state index is 11.4. The highest BCUT2D eigenvalue weighted by Crippen LogP contribution is 2.30. The number of fused-ring (bicyclic) bond motifs is 1. The van der Waals surface area contributed by atoms with Crippen LogP contribution in [0.25, 0.3) is 16.5 Å². The van der Waals surface area contributed by atoms with Crippen LogP contribution in [0.3, 0.4) is 0 Å². The Morgan fingerprint density at radius 3 is 2.85 bits per heavy atom. The number of amides is 1. The van der Waals surface area contributed by atoms with Gasteiger partial charge in [-0.3, -0.25) is 4.79 Å². The topological polar surface area (TPSA) is 49.0 Å². The number of nitrogens with zero attached hydrogens (tertiary/aromatic N) is 3. The third kappa shape index (κ3) is 1.97. The Balaban J connectivity index is 1.96. The van der Waals surface area contributed by atoms with Gasteiger partial charge in [-0.05, 0) is 18.1 Å². The molecule has 2 aromatic rings. The Kier molecular flexibility index (Phi) is 3.03. The molecule has 0 bridgehead atoms. The van der Waals surface area contributed by atoms with Gasteiger partial charge in [0.2, 0.25) is 0 Å². The average Bonchev–Trinajstić information content (AvgIpc) is 2.84. The van der Waals surface area contributed by atoms with Crippen LogP contribution in [0.5, 0.6) is 0 Å². The number of nitriles is 1. The summed E-state index contributed by atoms with van der Waals surface area (Å²) in [6.07, 6.45) is 4.99. The second-order valence-electron chi connectivity index (χ2n) is 5.01. The van der Waals surface area contributed by atoms with Crippen LogP contribution in [0.4, 0.5) is 0 Å². The lowest BCUT2D eigenvalue weighted by Gasteiger charge is -2.23. The van der Waals surface area contributed by atoms with E-state index in [-0.39, 0.29) is 0 Å². The summed E-state index contributed by atoms with van der Waals surface area (Å²) in [7, 11) is 2.04. The number of hydrogen-bond donors (Lipinski definition) is 0. The van der Waals surface area contributed by atoms with E-state index in [4.69, 9.17) is 5.26 Å². The predicted molar refractivity (Wildman–Crippen MR) is 77.7 cm³/mol. The Hall–Kier alpha value is -2.54. The molecule has 2 heterocycles. The number of rotatable bonds is 1. The third-order valence-corrected chi connectivity index (χ3v) is 3.83. The average molecular weight is 265 g/mol. The fourth-order valence-corrected chi connectivity index (χ4v) is 2.77. The smallest absolute Gasteiger partial charge is 0.325 e. The van der Waals surface area contributed by atoms with Crippen LogP contribution in [-0.4, -0.2) is 28.5 Å². The van der Waals surface area contributed by atoms with E-state index in [9.17, 15) is 4.79 Å². The van der Waals surface area contributed by atoms with Crippen molar-refractivity contribution in [3.63, 3.8) is 0 Å². The molecule has 0 saturated carbocycles. The number of aromatic nitrogens is 1. The van der Waals surface area contributed by atoms with E-state index in [0.717, 1.165) is 6.42 Å². The second kappa shape index (κ2) is 4.86. The molecule has 0 N–H and O–H groups in total. The summed E-state index contributed by atoms with van der Waals surface area (Å²) < 4.78 is 2.12. The summed E-state index contributed by atoms with van der Waals surface area (Å²) in [5.41, 5.74) is 3.69. The summed E-state index contributed by atoms with van der Waals surface area (Å²) in [4.78, 5) is 12.9. The Morgan fingerprint density at radius 1 is 1.35 bits per heavy atom. The minimum atomic E-state index is -0.446. The van der Waals surface area contributed by atoms with E-state index in [1.807, 2.05) is 19.2 Å². The zero-order valence-corrected chi connectivity index (χ0v) is 11.3. The first-order valence-electron chi connectivity index (χ1n) is 6.63. The lowest BCUT2D eigenvalue weighted by molar-refractivity contribution is -0.124. The maximum absolute atomic E-state index is 11.4. The molecular formula is C16H15N3O. The minimum absolute atomic E-state index is 0.446. The van der Waals surface area contributed by atoms with Gasteiger partial charge in [-0.1, -0.05) is 24.3 Å². The molecule has 0 spiro atoms. The summed E-state index contributed by atoms with van der Waals surface area (Å²) in [6.45, 7) is 1.13. The summed E-state index contributed by atoms with van der Waals surface area (Å²) in [5, 5.41) is 9.89. The van der Waals surface area contributed by atoms with Crippen molar-refractivity contribution in [2.75, 3.05) is 13.1 Å². The van der Waals surface area contributed by atoms with Crippen LogP contribution in [0, 0.1) is 11.3 Å². The van der Waals surface area contributed by atoms with E-state index in [2.05, 4.69) is 29.0 Å². The quantitative estimate of drug-likeness (QED) is 0.743. The van der Waals surface area contributed by atoms with Crippen molar-refractivity contribution in [3.05, 3.63) is 42.1 Å². The molecule has 1 aliphatic heterocycles. The predicted octanol–water partition coefficient (Wildman–Crippen LogP) is 2.32. The van der Waals surface area contributed by atoms with Gasteiger partial charge in [-0.25, -0.2) is 0 Å². The van der Waals surface area contributed by atoms with Crippen molar-refractivity contribution in [1.82, 2.24) is 9.47 Å². The molecule has 1 aliphatic rings. The van der Waals surface area contributed by atoms with E-state index in [1.165, 1.54) is 22.0 Å². The monoisotopic (exact) mass is 265 g/mol. The number of para-hydroxylation sites is 1. The van der Waals surface area contributed by atoms with E-state index in [1.54, 1.807) is 11.0 Å². The number of benzene rings is 1. The lowest BCUT2D eigenvalue weighted by atomic mass is 9.99. The number of carbonyl (C=O) groups is 1. The number of hydrogen-bond acceptors (Lipinski definition) is 2. The molecule has 0 fully saturated rings. The van der Waals surface area contributed by atoms with Crippen LogP contribution < -0.4 is 0 Å². The van der Waals surface area contributed by atoms with Crippen LogP contribution in [0.15, 0.2) is 36.5 Å². The van der Waals surface area contributed by atoms with Gasteiger partial charge < -0.3 is 9.47 Å². The standard InChI is InChI=1S/C16H15N3O/c1-18-11-14(13-4-2-3-5-15(13)18)12-6-8-19(9-7-12)16(20)10-17/h2-6,11H,7-9H2,1H3. The van der Waals surface area contributed by atoms with Crippen LogP contribution >= 0.6 is 0 Å². The molecule has 3 rings (SSSR count). The van der Waals surface area contributed by atoms with Crippen molar-refractivity contribution < 1.29 is 4.79 Å². The van der Waals surface area contributed by atoms with Gasteiger partial charge in [-0.2, -0.15) is 5.26 Å². The SMILES string of the molecule is Cn1cc(C2=CCN(C(=O)C#N)CC2)c2ccccc21. The number of carbonyl (C=O) groups excluding carboxylic acids is 1. The molecule has 100 valence electrons. The molecule has 20 heavy (non-hydrogen) atoms. The molecule has 0 aliphatic carbocycles. The van der Waals surface area contributed by atoms with Gasteiger partial charge >= 0.3 is 5.91 Å². The van der Waals surface area contributed by atoms with Crippen molar-refractivity contribution in [2.45, 2.75) is 6.42 Å². The Labute approximate surface area is 117 Å². The molecule has 0 unspecified atom stereocenters. The highest BCUT2D eigenvalue weighted by Gasteiger charge is 2.19. The van der Waals surface area contributed by atoms with Crippen LogP contribution in [0.2, 0.25) is 0 Å². The minimum Gasteiger partial charge on any atom is -0.350 e. The molecule has 0 radical (unpaired) electrons. The summed E-state index contributed by atoms with van der Waals surface area (Å²) in [5.74, 6) is -0.446. The van der Waals surface area contributed by atoms with Gasteiger partial charge in [0, 0.05) is 42.8 Å². The van der Waals surface area contributed by atoms with Crippen LogP contribution in [0.1, 0.15) is 12.0 Å². The maximum Gasteiger partial charge on any atom is 0.325 e. The van der Waals surface area contributed by atoms with Gasteiger partial charge in [0.15, 0.2) is 6.07 Å². The van der Waals surface area contributed by atoms with Crippen molar-refractivity contribution in [1.29, 1.82) is 5.26 Å². The highest BCUT2D eigenvalue weighted by atomic mass is 16.2. The highest BCUT2D eigenvalue weighted by molar-refractivity contribution is 5.95. The Bertz CT molecular complexity index is 749. The van der Waals surface area contributed by atoms with Crippen molar-refractivity contribution in [3.8, 4) is 6.07 Å². The molecule has 4 heteroatoms. The summed E-state index contributed by atoms with van der Waals surface area (Å²) >= 11 is 0. The van der Waals surface area contributed by atoms with Gasteiger partial charge in [0.25, 0.3) is 0 Å². The Morgan fingerprint density at radius 2 is 2.15 bits per heavy atom. The zero-order chi connectivity index (χ0) is 14.1. The van der Waals surface area contributed by atoms with Gasteiger partial charge in [0.05, 0.1) is 0 Å². The summed E-state index contributed by atoms with van der Waals surface area (Å²) in [6, 6.07) is 9.98. The fourth-order valence-electron chi connectivity index (χ4n) is 2.77. The van der Waals surface area contributed by atoms with Gasteiger partial charge in [0.1, 0.15) is 0 Å². The molecule has 1 aromatic carbocycles. The first-order chi connectivity index (χ1) is 9.70. The first-order valence-corrected chi connectivity index (χ1v) is 6.63. The van der Waals surface area contributed by atoms with Gasteiger partial charge in [-0.15, -0.1) is 0 Å². The molecule has 0 saturated heterocycles. The van der Waals surface area contributed by atoms with E-state index >= 15 is 0 Å². The fraction of sp³-hybridized carbons (Fsp3) is 0.250. The molecule has 4 nitrogen and oxygen atoms in total. The first kappa shape index (κ1) is 12.5. The third-order valence-electron chi connectivity index (χ3n) is 3.83. The van der Waals surface area contributed by atoms with Crippen molar-refractivity contribution in [2.24, 2.45) is 7.05 Å². The van der Waals surface area contributed by atoms with E-state index < -0.39 is 5.91 Å². The lowest BCUT2D eigenvalue weighted by Crippen LogP contribution is -2.33. The zero-order valence-electron chi connectivity index (χ0n) is 11.3. The molecular weight excluding hydrogens is 250 g/mol. The largest absolute Gasteiger partial charge is 0.350 e. The molecule has 1 amide bonds. The number of aryl methyl sites for hydroxylation is 1. The molecule has 0 atom stereocenters. The molecule has 1 aromatic heterocycles. The normalized spacial score (nSPS) is 15.0.